The van der Waals surface area contributed by atoms with E-state index in [0.29, 0.717) is 25.2 Å². The van der Waals surface area contributed by atoms with Crippen LogP contribution < -0.4 is 5.32 Å². The number of amides is 2. The Morgan fingerprint density at radius 2 is 1.96 bits per heavy atom. The van der Waals surface area contributed by atoms with Crippen LogP contribution in [0.3, 0.4) is 0 Å². The number of hydrogen-bond acceptors (Lipinski definition) is 4. The van der Waals surface area contributed by atoms with Gasteiger partial charge in [0.15, 0.2) is 0 Å². The molecule has 0 saturated heterocycles. The van der Waals surface area contributed by atoms with Crippen LogP contribution in [0.4, 0.5) is 0 Å². The highest BCUT2D eigenvalue weighted by molar-refractivity contribution is 5.94. The number of unbranched alkanes of at least 4 members (excludes halogenated alkanes) is 2. The average Bonchev–Trinajstić information content (AvgIpc) is 3.18. The van der Waals surface area contributed by atoms with Crippen molar-refractivity contribution in [2.45, 2.75) is 39.2 Å². The van der Waals surface area contributed by atoms with Crippen LogP contribution in [0.2, 0.25) is 0 Å². The molecule has 0 aliphatic heterocycles. The molecule has 0 unspecified atom stereocenters. The fourth-order valence-electron chi connectivity index (χ4n) is 2.46. The molecule has 0 aliphatic carbocycles. The minimum absolute atomic E-state index is 0.0719. The van der Waals surface area contributed by atoms with Crippen molar-refractivity contribution in [2.24, 2.45) is 0 Å². The number of carbonyl (C=O) groups excluding carboxylic acids is 2. The predicted molar refractivity (Wildman–Crippen MR) is 94.8 cm³/mol. The van der Waals surface area contributed by atoms with E-state index < -0.39 is 0 Å². The minimum Gasteiger partial charge on any atom is -0.472 e. The molecule has 1 N–H and O–H groups in total. The summed E-state index contributed by atoms with van der Waals surface area (Å²) < 4.78 is 4.99. The molecule has 6 heteroatoms. The molecule has 0 saturated carbocycles. The Labute approximate surface area is 148 Å². The van der Waals surface area contributed by atoms with Gasteiger partial charge in [0.2, 0.25) is 5.91 Å². The summed E-state index contributed by atoms with van der Waals surface area (Å²) in [5.74, 6) is -0.163. The largest absolute Gasteiger partial charge is 0.472 e. The van der Waals surface area contributed by atoms with E-state index in [-0.39, 0.29) is 18.2 Å². The monoisotopic (exact) mass is 343 g/mol. The van der Waals surface area contributed by atoms with E-state index in [0.717, 1.165) is 24.8 Å². The van der Waals surface area contributed by atoms with Gasteiger partial charge in [-0.3, -0.25) is 14.6 Å². The Kier molecular flexibility index (Phi) is 7.69. The molecule has 134 valence electrons. The van der Waals surface area contributed by atoms with Gasteiger partial charge >= 0.3 is 0 Å². The standard InChI is InChI=1S/C19H25N3O3/c1-2-3-4-11-22(19(24)17-8-13-25-15-17)12-7-18(23)21-14-16-5-9-20-10-6-16/h5-6,8-10,13,15H,2-4,7,11-12,14H2,1H3,(H,21,23). The van der Waals surface area contributed by atoms with Crippen LogP contribution in [0.15, 0.2) is 47.5 Å². The summed E-state index contributed by atoms with van der Waals surface area (Å²) in [6, 6.07) is 5.37. The van der Waals surface area contributed by atoms with Gasteiger partial charge in [-0.15, -0.1) is 0 Å². The maximum Gasteiger partial charge on any atom is 0.257 e. The number of furan rings is 1. The summed E-state index contributed by atoms with van der Waals surface area (Å²) in [6.45, 7) is 3.63. The number of pyridine rings is 1. The third-order valence-corrected chi connectivity index (χ3v) is 3.93. The number of hydrogen-bond donors (Lipinski definition) is 1. The molecule has 2 heterocycles. The van der Waals surface area contributed by atoms with Crippen molar-refractivity contribution in [3.8, 4) is 0 Å². The molecule has 0 atom stereocenters. The highest BCUT2D eigenvalue weighted by Crippen LogP contribution is 2.09. The lowest BCUT2D eigenvalue weighted by Gasteiger charge is -2.22. The summed E-state index contributed by atoms with van der Waals surface area (Å²) >= 11 is 0. The topological polar surface area (TPSA) is 75.4 Å². The van der Waals surface area contributed by atoms with E-state index in [9.17, 15) is 9.59 Å². The van der Waals surface area contributed by atoms with E-state index in [1.54, 1.807) is 23.4 Å². The van der Waals surface area contributed by atoms with Crippen molar-refractivity contribution in [3.63, 3.8) is 0 Å². The molecule has 6 nitrogen and oxygen atoms in total. The van der Waals surface area contributed by atoms with Gasteiger partial charge in [0, 0.05) is 38.4 Å². The van der Waals surface area contributed by atoms with Gasteiger partial charge in [0.25, 0.3) is 5.91 Å². The first-order valence-electron chi connectivity index (χ1n) is 8.67. The van der Waals surface area contributed by atoms with Gasteiger partial charge < -0.3 is 14.6 Å². The molecule has 25 heavy (non-hydrogen) atoms. The lowest BCUT2D eigenvalue weighted by molar-refractivity contribution is -0.121. The summed E-state index contributed by atoms with van der Waals surface area (Å²) in [4.78, 5) is 30.3. The van der Waals surface area contributed by atoms with Crippen LogP contribution in [0.25, 0.3) is 0 Å². The Hall–Kier alpha value is -2.63. The van der Waals surface area contributed by atoms with Gasteiger partial charge in [-0.1, -0.05) is 19.8 Å². The molecule has 0 spiro atoms. The van der Waals surface area contributed by atoms with Crippen LogP contribution in [0.1, 0.15) is 48.5 Å². The van der Waals surface area contributed by atoms with E-state index in [1.165, 1.54) is 12.5 Å². The first-order chi connectivity index (χ1) is 12.2. The summed E-state index contributed by atoms with van der Waals surface area (Å²) in [6.07, 6.45) is 9.67. The Morgan fingerprint density at radius 3 is 2.64 bits per heavy atom. The average molecular weight is 343 g/mol. The van der Waals surface area contributed by atoms with Crippen LogP contribution in [0, 0.1) is 0 Å². The number of nitrogens with zero attached hydrogens (tertiary/aromatic N) is 2. The molecule has 2 rings (SSSR count). The second-order valence-corrected chi connectivity index (χ2v) is 5.89. The number of carbonyl (C=O) groups is 2. The van der Waals surface area contributed by atoms with Crippen molar-refractivity contribution in [2.75, 3.05) is 13.1 Å². The smallest absolute Gasteiger partial charge is 0.257 e. The summed E-state index contributed by atoms with van der Waals surface area (Å²) in [5, 5.41) is 2.87. The van der Waals surface area contributed by atoms with Gasteiger partial charge in [0.1, 0.15) is 6.26 Å². The molecule has 0 radical (unpaired) electrons. The fraction of sp³-hybridized carbons (Fsp3) is 0.421. The quantitative estimate of drug-likeness (QED) is 0.673. The second-order valence-electron chi connectivity index (χ2n) is 5.89. The molecule has 0 aromatic carbocycles. The zero-order chi connectivity index (χ0) is 17.9. The molecule has 2 amide bonds. The van der Waals surface area contributed by atoms with Gasteiger partial charge in [0.05, 0.1) is 11.8 Å². The summed E-state index contributed by atoms with van der Waals surface area (Å²) in [5.41, 5.74) is 1.52. The summed E-state index contributed by atoms with van der Waals surface area (Å²) in [7, 11) is 0. The molecule has 0 bridgehead atoms. The highest BCUT2D eigenvalue weighted by atomic mass is 16.3. The van der Waals surface area contributed by atoms with Gasteiger partial charge in [-0.25, -0.2) is 0 Å². The van der Waals surface area contributed by atoms with Crippen molar-refractivity contribution >= 4 is 11.8 Å². The first-order valence-corrected chi connectivity index (χ1v) is 8.67. The number of aromatic nitrogens is 1. The maximum absolute atomic E-state index is 12.5. The Bertz CT molecular complexity index is 641. The molecule has 2 aromatic heterocycles. The third kappa shape index (κ3) is 6.41. The third-order valence-electron chi connectivity index (χ3n) is 3.93. The molecule has 0 fully saturated rings. The molecular formula is C19H25N3O3. The number of rotatable bonds is 10. The molecule has 0 aliphatic rings. The van der Waals surface area contributed by atoms with Gasteiger partial charge in [-0.2, -0.15) is 0 Å². The lowest BCUT2D eigenvalue weighted by Crippen LogP contribution is -2.35. The maximum atomic E-state index is 12.5. The van der Waals surface area contributed by atoms with Crippen LogP contribution in [0.5, 0.6) is 0 Å². The fourth-order valence-corrected chi connectivity index (χ4v) is 2.46. The van der Waals surface area contributed by atoms with Crippen LogP contribution in [-0.4, -0.2) is 34.8 Å². The molecular weight excluding hydrogens is 318 g/mol. The van der Waals surface area contributed by atoms with Crippen LogP contribution in [-0.2, 0) is 11.3 Å². The van der Waals surface area contributed by atoms with Crippen molar-refractivity contribution in [1.82, 2.24) is 15.2 Å². The van der Waals surface area contributed by atoms with Crippen molar-refractivity contribution < 1.29 is 14.0 Å². The first kappa shape index (κ1) is 18.7. The molecule has 2 aromatic rings. The number of nitrogens with one attached hydrogen (secondary N) is 1. The highest BCUT2D eigenvalue weighted by Gasteiger charge is 2.17. The predicted octanol–water partition coefficient (Wildman–Crippen LogP) is 3.01. The minimum atomic E-state index is -0.0909. The van der Waals surface area contributed by atoms with Gasteiger partial charge in [-0.05, 0) is 30.2 Å². The van der Waals surface area contributed by atoms with E-state index in [2.05, 4.69) is 17.2 Å². The lowest BCUT2D eigenvalue weighted by atomic mass is 10.2. The normalized spacial score (nSPS) is 10.4. The van der Waals surface area contributed by atoms with E-state index in [1.807, 2.05) is 12.1 Å². The van der Waals surface area contributed by atoms with Crippen molar-refractivity contribution in [3.05, 3.63) is 54.2 Å². The SMILES string of the molecule is CCCCCN(CCC(=O)NCc1ccncc1)C(=O)c1ccoc1. The zero-order valence-corrected chi connectivity index (χ0v) is 14.6. The Balaban J connectivity index is 1.83. The van der Waals surface area contributed by atoms with E-state index >= 15 is 0 Å². The van der Waals surface area contributed by atoms with Crippen molar-refractivity contribution in [1.29, 1.82) is 0 Å². The van der Waals surface area contributed by atoms with E-state index in [4.69, 9.17) is 4.42 Å². The Morgan fingerprint density at radius 1 is 1.16 bits per heavy atom. The zero-order valence-electron chi connectivity index (χ0n) is 14.6. The second kappa shape index (κ2) is 10.3. The van der Waals surface area contributed by atoms with Crippen LogP contribution >= 0.6 is 0 Å².